The minimum Gasteiger partial charge on any atom is -0.489 e. The Morgan fingerprint density at radius 1 is 0.683 bits per heavy atom. The van der Waals surface area contributed by atoms with Crippen molar-refractivity contribution in [2.75, 3.05) is 0 Å². The van der Waals surface area contributed by atoms with Gasteiger partial charge in [-0.15, -0.1) is 0 Å². The maximum atomic E-state index is 13.7. The van der Waals surface area contributed by atoms with E-state index in [1.54, 1.807) is 0 Å². The summed E-state index contributed by atoms with van der Waals surface area (Å²) in [5.41, 5.74) is 0.123. The summed E-state index contributed by atoms with van der Waals surface area (Å²) in [6, 6.07) is 16.1. The quantitative estimate of drug-likeness (QED) is 0.218. The molecule has 3 aromatic carbocycles. The Hall–Kier alpha value is -5.45. The van der Waals surface area contributed by atoms with Gasteiger partial charge in [0.25, 0.3) is 0 Å². The normalized spacial score (nSPS) is 10.5. The Morgan fingerprint density at radius 3 is 1.93 bits per heavy atom. The molecular weight excluding hydrogens is 536 g/mol. The molecule has 0 aliphatic rings. The topological polar surface area (TPSA) is 145 Å². The van der Waals surface area contributed by atoms with Gasteiger partial charge in [-0.3, -0.25) is 24.0 Å². The predicted molar refractivity (Wildman–Crippen MR) is 144 cm³/mol. The van der Waals surface area contributed by atoms with Crippen molar-refractivity contribution in [2.24, 2.45) is 0 Å². The molecule has 0 unspecified atom stereocenters. The fraction of sp³-hybridized carbons (Fsp3) is 0.167. The third kappa shape index (κ3) is 6.95. The van der Waals surface area contributed by atoms with E-state index >= 15 is 0 Å². The first-order chi connectivity index (χ1) is 19.5. The SMILES string of the molecule is CC(=O)Oc1ccc(-c2oc3cc(OCc4ccccc4)cc(OC(C)=O)c3c(=O)c2OC(C)=O)cc1OC(C)=O. The van der Waals surface area contributed by atoms with Crippen LogP contribution in [0, 0.1) is 0 Å². The van der Waals surface area contributed by atoms with E-state index in [1.807, 2.05) is 30.3 Å². The van der Waals surface area contributed by atoms with Crippen LogP contribution in [0.1, 0.15) is 33.3 Å². The van der Waals surface area contributed by atoms with E-state index in [-0.39, 0.29) is 51.9 Å². The zero-order chi connectivity index (χ0) is 29.7. The Bertz CT molecular complexity index is 1720. The molecule has 1 aromatic heterocycles. The zero-order valence-electron chi connectivity index (χ0n) is 22.5. The molecule has 4 rings (SSSR count). The first-order valence-corrected chi connectivity index (χ1v) is 12.2. The molecule has 0 aliphatic heterocycles. The molecule has 0 amide bonds. The lowest BCUT2D eigenvalue weighted by Crippen LogP contribution is -2.15. The van der Waals surface area contributed by atoms with Crippen LogP contribution >= 0.6 is 0 Å². The number of rotatable bonds is 8. The average molecular weight is 561 g/mol. The number of ether oxygens (including phenoxy) is 5. The van der Waals surface area contributed by atoms with Crippen molar-refractivity contribution in [2.45, 2.75) is 34.3 Å². The number of carbonyl (C=O) groups excluding carboxylic acids is 4. The van der Waals surface area contributed by atoms with Gasteiger partial charge >= 0.3 is 23.9 Å². The fourth-order valence-corrected chi connectivity index (χ4v) is 3.85. The molecule has 4 aromatic rings. The molecule has 0 saturated heterocycles. The van der Waals surface area contributed by atoms with Gasteiger partial charge in [-0.1, -0.05) is 30.3 Å². The summed E-state index contributed by atoms with van der Waals surface area (Å²) in [5.74, 6) is -3.80. The lowest BCUT2D eigenvalue weighted by molar-refractivity contribution is -0.134. The van der Waals surface area contributed by atoms with Crippen molar-refractivity contribution in [1.29, 1.82) is 0 Å². The van der Waals surface area contributed by atoms with Gasteiger partial charge in [-0.25, -0.2) is 0 Å². The summed E-state index contributed by atoms with van der Waals surface area (Å²) in [5, 5.41) is -0.177. The number of hydrogen-bond donors (Lipinski definition) is 0. The third-order valence-corrected chi connectivity index (χ3v) is 5.35. The molecule has 0 spiro atoms. The van der Waals surface area contributed by atoms with Crippen LogP contribution in [0.2, 0.25) is 0 Å². The number of hydrogen-bond acceptors (Lipinski definition) is 11. The monoisotopic (exact) mass is 560 g/mol. The number of esters is 4. The predicted octanol–water partition coefficient (Wildman–Crippen LogP) is 4.74. The molecule has 0 fully saturated rings. The lowest BCUT2D eigenvalue weighted by Gasteiger charge is -2.15. The highest BCUT2D eigenvalue weighted by molar-refractivity contribution is 5.91. The van der Waals surface area contributed by atoms with Crippen LogP contribution in [-0.4, -0.2) is 23.9 Å². The van der Waals surface area contributed by atoms with Gasteiger partial charge in [0.15, 0.2) is 17.3 Å². The largest absolute Gasteiger partial charge is 0.489 e. The van der Waals surface area contributed by atoms with Crippen molar-refractivity contribution >= 4 is 34.8 Å². The average Bonchev–Trinajstić information content (AvgIpc) is 2.89. The van der Waals surface area contributed by atoms with E-state index in [1.165, 1.54) is 37.3 Å². The molecule has 11 heteroatoms. The van der Waals surface area contributed by atoms with Crippen LogP contribution in [0.15, 0.2) is 69.9 Å². The molecule has 0 aliphatic carbocycles. The van der Waals surface area contributed by atoms with E-state index in [0.717, 1.165) is 26.3 Å². The Labute approximate surface area is 233 Å². The molecule has 11 nitrogen and oxygen atoms in total. The van der Waals surface area contributed by atoms with Crippen LogP contribution in [-0.2, 0) is 25.8 Å². The van der Waals surface area contributed by atoms with E-state index in [9.17, 15) is 24.0 Å². The lowest BCUT2D eigenvalue weighted by atomic mass is 10.1. The van der Waals surface area contributed by atoms with Gasteiger partial charge in [0.05, 0.1) is 0 Å². The molecule has 0 bridgehead atoms. The smallest absolute Gasteiger partial charge is 0.308 e. The van der Waals surface area contributed by atoms with Crippen molar-refractivity contribution in [3.8, 4) is 40.1 Å². The van der Waals surface area contributed by atoms with E-state index in [2.05, 4.69) is 0 Å². The van der Waals surface area contributed by atoms with E-state index < -0.39 is 35.1 Å². The van der Waals surface area contributed by atoms with Gasteiger partial charge in [-0.2, -0.15) is 0 Å². The summed E-state index contributed by atoms with van der Waals surface area (Å²) in [6.07, 6.45) is 0. The Kier molecular flexibility index (Phi) is 8.47. The molecule has 0 saturated carbocycles. The molecule has 0 radical (unpaired) electrons. The van der Waals surface area contributed by atoms with E-state index in [4.69, 9.17) is 28.1 Å². The van der Waals surface area contributed by atoms with Crippen molar-refractivity contribution in [1.82, 2.24) is 0 Å². The standard InChI is InChI=1S/C30H24O11/c1-16(31)37-23-11-10-21(12-24(23)38-17(2)32)29-30(40-19(4)34)28(35)27-25(39-18(3)33)13-22(14-26(27)41-29)36-15-20-8-6-5-7-9-20/h5-14H,15H2,1-4H3. The van der Waals surface area contributed by atoms with Crippen molar-refractivity contribution < 1.29 is 47.3 Å². The van der Waals surface area contributed by atoms with Gasteiger partial charge in [-0.05, 0) is 23.8 Å². The molecule has 210 valence electrons. The maximum absolute atomic E-state index is 13.7. The maximum Gasteiger partial charge on any atom is 0.308 e. The Balaban J connectivity index is 1.94. The van der Waals surface area contributed by atoms with E-state index in [0.29, 0.717) is 0 Å². The summed E-state index contributed by atoms with van der Waals surface area (Å²) >= 11 is 0. The summed E-state index contributed by atoms with van der Waals surface area (Å²) in [4.78, 5) is 60.8. The van der Waals surface area contributed by atoms with Gasteiger partial charge in [0.1, 0.15) is 29.1 Å². The minimum absolute atomic E-state index is 0.0548. The van der Waals surface area contributed by atoms with Crippen LogP contribution < -0.4 is 29.1 Å². The first-order valence-electron chi connectivity index (χ1n) is 12.2. The second-order valence-corrected chi connectivity index (χ2v) is 8.69. The van der Waals surface area contributed by atoms with Gasteiger partial charge < -0.3 is 28.1 Å². The summed E-state index contributed by atoms with van der Waals surface area (Å²) in [6.45, 7) is 4.74. The van der Waals surface area contributed by atoms with Crippen molar-refractivity contribution in [3.63, 3.8) is 0 Å². The molecule has 1 heterocycles. The van der Waals surface area contributed by atoms with Gasteiger partial charge in [0, 0.05) is 45.4 Å². The highest BCUT2D eigenvalue weighted by Crippen LogP contribution is 2.40. The van der Waals surface area contributed by atoms with Gasteiger partial charge in [0.2, 0.25) is 11.2 Å². The summed E-state index contributed by atoms with van der Waals surface area (Å²) in [7, 11) is 0. The number of fused-ring (bicyclic) bond motifs is 1. The Morgan fingerprint density at radius 2 is 1.29 bits per heavy atom. The molecular formula is C30H24O11. The molecule has 41 heavy (non-hydrogen) atoms. The molecule has 0 atom stereocenters. The highest BCUT2D eigenvalue weighted by atomic mass is 16.6. The van der Waals surface area contributed by atoms with Crippen LogP contribution in [0.5, 0.6) is 28.7 Å². The third-order valence-electron chi connectivity index (χ3n) is 5.35. The number of carbonyl (C=O) groups is 4. The van der Waals surface area contributed by atoms with Crippen LogP contribution in [0.4, 0.5) is 0 Å². The second kappa shape index (κ2) is 12.2. The first kappa shape index (κ1) is 28.6. The van der Waals surface area contributed by atoms with Crippen LogP contribution in [0.25, 0.3) is 22.3 Å². The minimum atomic E-state index is -0.827. The highest BCUT2D eigenvalue weighted by Gasteiger charge is 2.25. The second-order valence-electron chi connectivity index (χ2n) is 8.69. The van der Waals surface area contributed by atoms with Crippen LogP contribution in [0.3, 0.4) is 0 Å². The fourth-order valence-electron chi connectivity index (χ4n) is 3.85. The molecule has 0 N–H and O–H groups in total. The zero-order valence-corrected chi connectivity index (χ0v) is 22.5. The summed E-state index contributed by atoms with van der Waals surface area (Å²) < 4.78 is 32.8. The van der Waals surface area contributed by atoms with Crippen molar-refractivity contribution in [3.05, 3.63) is 76.5 Å². The number of benzene rings is 3.